The highest BCUT2D eigenvalue weighted by Crippen LogP contribution is 2.23. The van der Waals surface area contributed by atoms with Crippen LogP contribution in [0.5, 0.6) is 0 Å². The first-order valence-electron chi connectivity index (χ1n) is 8.47. The zero-order valence-electron chi connectivity index (χ0n) is 14.5. The second-order valence-electron chi connectivity index (χ2n) is 6.30. The van der Waals surface area contributed by atoms with E-state index >= 15 is 0 Å². The highest BCUT2D eigenvalue weighted by molar-refractivity contribution is 6.42. The molecule has 1 aliphatic rings. The Morgan fingerprint density at radius 2 is 1.88 bits per heavy atom. The fraction of sp³-hybridized carbons (Fsp3) is 0.444. The predicted molar refractivity (Wildman–Crippen MR) is 100 cm³/mol. The quantitative estimate of drug-likeness (QED) is 0.815. The minimum atomic E-state index is 0.0754. The zero-order chi connectivity index (χ0) is 18.0. The van der Waals surface area contributed by atoms with Gasteiger partial charge < -0.3 is 4.90 Å². The van der Waals surface area contributed by atoms with Crippen LogP contribution in [0.4, 0.5) is 0 Å². The Morgan fingerprint density at radius 1 is 1.16 bits per heavy atom. The normalized spacial score (nSPS) is 15.6. The molecule has 1 aromatic carbocycles. The van der Waals surface area contributed by atoms with Gasteiger partial charge in [0.2, 0.25) is 0 Å². The van der Waals surface area contributed by atoms with Crippen molar-refractivity contribution in [2.24, 2.45) is 0 Å². The van der Waals surface area contributed by atoms with E-state index in [1.165, 1.54) is 0 Å². The summed E-state index contributed by atoms with van der Waals surface area (Å²) in [6, 6.07) is 5.73. The third-order valence-corrected chi connectivity index (χ3v) is 5.29. The number of aromatic nitrogens is 2. The van der Waals surface area contributed by atoms with Crippen LogP contribution in [-0.4, -0.2) is 51.7 Å². The fourth-order valence-corrected chi connectivity index (χ4v) is 3.39. The summed E-state index contributed by atoms with van der Waals surface area (Å²) in [6.45, 7) is 8.60. The summed E-state index contributed by atoms with van der Waals surface area (Å²) in [4.78, 5) is 17.0. The third-order valence-electron chi connectivity index (χ3n) is 4.55. The standard InChI is InChI=1S/C18H22Cl2N4O/c1-3-24-12-15(13(2)21-24)18(25)23-8-6-22(7-9-23)11-14-4-5-16(19)17(20)10-14/h4-5,10,12H,3,6-9,11H2,1-2H3. The highest BCUT2D eigenvalue weighted by Gasteiger charge is 2.24. The van der Waals surface area contributed by atoms with Gasteiger partial charge in [-0.15, -0.1) is 0 Å². The van der Waals surface area contributed by atoms with Crippen molar-refractivity contribution in [1.82, 2.24) is 19.6 Å². The average Bonchev–Trinajstić information content (AvgIpc) is 2.99. The molecule has 3 rings (SSSR count). The monoisotopic (exact) mass is 380 g/mol. The number of amides is 1. The van der Waals surface area contributed by atoms with E-state index in [1.807, 2.05) is 47.8 Å². The largest absolute Gasteiger partial charge is 0.336 e. The Morgan fingerprint density at radius 3 is 2.48 bits per heavy atom. The van der Waals surface area contributed by atoms with Crippen LogP contribution in [-0.2, 0) is 13.1 Å². The minimum absolute atomic E-state index is 0.0754. The molecule has 2 heterocycles. The first-order chi connectivity index (χ1) is 12.0. The van der Waals surface area contributed by atoms with E-state index in [4.69, 9.17) is 23.2 Å². The molecule has 0 unspecified atom stereocenters. The van der Waals surface area contributed by atoms with Gasteiger partial charge in [-0.2, -0.15) is 5.10 Å². The van der Waals surface area contributed by atoms with Crippen molar-refractivity contribution in [3.63, 3.8) is 0 Å². The Hall–Kier alpha value is -1.56. The molecule has 0 spiro atoms. The van der Waals surface area contributed by atoms with Gasteiger partial charge >= 0.3 is 0 Å². The Balaban J connectivity index is 1.58. The molecule has 2 aromatic rings. The maximum absolute atomic E-state index is 12.7. The van der Waals surface area contributed by atoms with Crippen molar-refractivity contribution in [3.05, 3.63) is 51.3 Å². The molecule has 0 radical (unpaired) electrons. The topological polar surface area (TPSA) is 41.4 Å². The van der Waals surface area contributed by atoms with E-state index < -0.39 is 0 Å². The summed E-state index contributed by atoms with van der Waals surface area (Å²) in [5, 5.41) is 5.52. The Bertz CT molecular complexity index is 766. The molecule has 1 aromatic heterocycles. The molecule has 1 fully saturated rings. The Kier molecular flexibility index (Phi) is 5.67. The second kappa shape index (κ2) is 7.77. The van der Waals surface area contributed by atoms with Crippen molar-refractivity contribution in [2.45, 2.75) is 26.9 Å². The van der Waals surface area contributed by atoms with Gasteiger partial charge in [0, 0.05) is 45.5 Å². The number of carbonyl (C=O) groups is 1. The van der Waals surface area contributed by atoms with Crippen LogP contribution in [0.15, 0.2) is 24.4 Å². The van der Waals surface area contributed by atoms with Crippen LogP contribution >= 0.6 is 23.2 Å². The molecule has 0 saturated carbocycles. The number of halogens is 2. The van der Waals surface area contributed by atoms with Gasteiger partial charge in [-0.05, 0) is 31.5 Å². The molecule has 7 heteroatoms. The van der Waals surface area contributed by atoms with Crippen molar-refractivity contribution in [3.8, 4) is 0 Å². The van der Waals surface area contributed by atoms with E-state index in [2.05, 4.69) is 10.00 Å². The summed E-state index contributed by atoms with van der Waals surface area (Å²) in [5.74, 6) is 0.0754. The number of aryl methyl sites for hydroxylation is 2. The van der Waals surface area contributed by atoms with Crippen LogP contribution < -0.4 is 0 Å². The van der Waals surface area contributed by atoms with E-state index in [0.29, 0.717) is 15.6 Å². The summed E-state index contributed by atoms with van der Waals surface area (Å²) >= 11 is 12.0. The summed E-state index contributed by atoms with van der Waals surface area (Å²) in [5.41, 5.74) is 2.64. The van der Waals surface area contributed by atoms with E-state index in [-0.39, 0.29) is 5.91 Å². The lowest BCUT2D eigenvalue weighted by Gasteiger charge is -2.34. The minimum Gasteiger partial charge on any atom is -0.336 e. The number of hydrogen-bond donors (Lipinski definition) is 0. The lowest BCUT2D eigenvalue weighted by Crippen LogP contribution is -2.48. The van der Waals surface area contributed by atoms with Crippen molar-refractivity contribution < 1.29 is 4.79 Å². The average molecular weight is 381 g/mol. The smallest absolute Gasteiger partial charge is 0.257 e. The first kappa shape index (κ1) is 18.2. The van der Waals surface area contributed by atoms with Gasteiger partial charge in [-0.3, -0.25) is 14.4 Å². The summed E-state index contributed by atoms with van der Waals surface area (Å²) < 4.78 is 1.81. The maximum Gasteiger partial charge on any atom is 0.257 e. The molecule has 1 amide bonds. The highest BCUT2D eigenvalue weighted by atomic mass is 35.5. The summed E-state index contributed by atoms with van der Waals surface area (Å²) in [6.07, 6.45) is 1.85. The first-order valence-corrected chi connectivity index (χ1v) is 9.23. The van der Waals surface area contributed by atoms with Crippen LogP contribution in [0.25, 0.3) is 0 Å². The molecule has 0 bridgehead atoms. The van der Waals surface area contributed by atoms with Gasteiger partial charge in [0.1, 0.15) is 0 Å². The molecule has 0 N–H and O–H groups in total. The van der Waals surface area contributed by atoms with Crippen molar-refractivity contribution in [1.29, 1.82) is 0 Å². The van der Waals surface area contributed by atoms with E-state index in [1.54, 1.807) is 0 Å². The van der Waals surface area contributed by atoms with Gasteiger partial charge in [-0.25, -0.2) is 0 Å². The summed E-state index contributed by atoms with van der Waals surface area (Å²) in [7, 11) is 0. The maximum atomic E-state index is 12.7. The molecule has 5 nitrogen and oxygen atoms in total. The number of hydrogen-bond acceptors (Lipinski definition) is 3. The van der Waals surface area contributed by atoms with Crippen LogP contribution in [0.2, 0.25) is 10.0 Å². The fourth-order valence-electron chi connectivity index (χ4n) is 3.07. The molecular formula is C18H22Cl2N4O. The van der Waals surface area contributed by atoms with Gasteiger partial charge in [0.15, 0.2) is 0 Å². The van der Waals surface area contributed by atoms with Crippen molar-refractivity contribution in [2.75, 3.05) is 26.2 Å². The van der Waals surface area contributed by atoms with Crippen LogP contribution in [0.3, 0.4) is 0 Å². The number of rotatable bonds is 4. The Labute approximate surface area is 158 Å². The van der Waals surface area contributed by atoms with Gasteiger partial charge in [-0.1, -0.05) is 29.3 Å². The molecular weight excluding hydrogens is 359 g/mol. The molecule has 0 aliphatic carbocycles. The zero-order valence-corrected chi connectivity index (χ0v) is 16.0. The lowest BCUT2D eigenvalue weighted by atomic mass is 10.1. The molecule has 25 heavy (non-hydrogen) atoms. The number of piperazine rings is 1. The van der Waals surface area contributed by atoms with Gasteiger partial charge in [0.05, 0.1) is 21.3 Å². The lowest BCUT2D eigenvalue weighted by molar-refractivity contribution is 0.0627. The van der Waals surface area contributed by atoms with Gasteiger partial charge in [0.25, 0.3) is 5.91 Å². The third kappa shape index (κ3) is 4.17. The molecule has 0 atom stereocenters. The molecule has 1 aliphatic heterocycles. The number of carbonyl (C=O) groups excluding carboxylic acids is 1. The number of nitrogens with zero attached hydrogens (tertiary/aromatic N) is 4. The SMILES string of the molecule is CCn1cc(C(=O)N2CCN(Cc3ccc(Cl)c(Cl)c3)CC2)c(C)n1. The van der Waals surface area contributed by atoms with Crippen LogP contribution in [0, 0.1) is 6.92 Å². The number of benzene rings is 1. The van der Waals surface area contributed by atoms with Crippen molar-refractivity contribution >= 4 is 29.1 Å². The van der Waals surface area contributed by atoms with E-state index in [0.717, 1.165) is 50.5 Å². The second-order valence-corrected chi connectivity index (χ2v) is 7.12. The predicted octanol–water partition coefficient (Wildman–Crippen LogP) is 3.48. The van der Waals surface area contributed by atoms with Crippen LogP contribution in [0.1, 0.15) is 28.5 Å². The molecule has 1 saturated heterocycles. The van der Waals surface area contributed by atoms with E-state index in [9.17, 15) is 4.79 Å². The molecule has 134 valence electrons.